The van der Waals surface area contributed by atoms with Crippen LogP contribution in [0.3, 0.4) is 0 Å². The van der Waals surface area contributed by atoms with Crippen LogP contribution in [0, 0.1) is 13.8 Å². The lowest BCUT2D eigenvalue weighted by atomic mass is 10.1. The van der Waals surface area contributed by atoms with E-state index in [4.69, 9.17) is 0 Å². The highest BCUT2D eigenvalue weighted by Crippen LogP contribution is 2.25. The summed E-state index contributed by atoms with van der Waals surface area (Å²) in [7, 11) is 0. The van der Waals surface area contributed by atoms with Gasteiger partial charge in [0.25, 0.3) is 0 Å². The fourth-order valence-electron chi connectivity index (χ4n) is 2.50. The first-order chi connectivity index (χ1) is 11.2. The van der Waals surface area contributed by atoms with Gasteiger partial charge in [0.1, 0.15) is 5.82 Å². The SMILES string of the molecule is CCCNc1nc(Nc2cc(C)ccc2C)nc2ccccc12. The van der Waals surface area contributed by atoms with Crippen LogP contribution in [-0.2, 0) is 0 Å². The molecule has 4 nitrogen and oxygen atoms in total. The van der Waals surface area contributed by atoms with Crippen molar-refractivity contribution in [3.8, 4) is 0 Å². The molecular weight excluding hydrogens is 284 g/mol. The van der Waals surface area contributed by atoms with Gasteiger partial charge in [0.2, 0.25) is 5.95 Å². The lowest BCUT2D eigenvalue weighted by molar-refractivity contribution is 0.970. The third-order valence-electron chi connectivity index (χ3n) is 3.79. The number of hydrogen-bond acceptors (Lipinski definition) is 4. The molecule has 0 amide bonds. The van der Waals surface area contributed by atoms with E-state index in [1.807, 2.05) is 18.2 Å². The second-order valence-electron chi connectivity index (χ2n) is 5.78. The number of rotatable bonds is 5. The molecule has 118 valence electrons. The molecular formula is C19H22N4. The standard InChI is InChI=1S/C19H22N4/c1-4-11-20-18-15-7-5-6-8-16(15)21-19(23-18)22-17-12-13(2)9-10-14(17)3/h5-10,12H,4,11H2,1-3H3,(H2,20,21,22,23). The average molecular weight is 306 g/mol. The molecule has 0 aliphatic heterocycles. The van der Waals surface area contributed by atoms with Crippen molar-refractivity contribution in [2.75, 3.05) is 17.2 Å². The number of benzene rings is 2. The van der Waals surface area contributed by atoms with Gasteiger partial charge in [-0.1, -0.05) is 31.2 Å². The maximum absolute atomic E-state index is 4.67. The minimum atomic E-state index is 0.621. The number of aryl methyl sites for hydroxylation is 2. The van der Waals surface area contributed by atoms with Gasteiger partial charge in [-0.3, -0.25) is 0 Å². The Hall–Kier alpha value is -2.62. The fraction of sp³-hybridized carbons (Fsp3) is 0.263. The van der Waals surface area contributed by atoms with Gasteiger partial charge in [-0.15, -0.1) is 0 Å². The summed E-state index contributed by atoms with van der Waals surface area (Å²) in [5.41, 5.74) is 4.37. The van der Waals surface area contributed by atoms with Crippen molar-refractivity contribution in [1.82, 2.24) is 9.97 Å². The zero-order valence-corrected chi connectivity index (χ0v) is 13.9. The highest BCUT2D eigenvalue weighted by Gasteiger charge is 2.08. The second-order valence-corrected chi connectivity index (χ2v) is 5.78. The zero-order chi connectivity index (χ0) is 16.2. The molecule has 1 aromatic heterocycles. The molecule has 23 heavy (non-hydrogen) atoms. The third kappa shape index (κ3) is 3.42. The van der Waals surface area contributed by atoms with Crippen LogP contribution in [0.25, 0.3) is 10.9 Å². The molecule has 4 heteroatoms. The average Bonchev–Trinajstić information content (AvgIpc) is 2.56. The minimum absolute atomic E-state index is 0.621. The van der Waals surface area contributed by atoms with Crippen LogP contribution >= 0.6 is 0 Å². The van der Waals surface area contributed by atoms with Crippen molar-refractivity contribution in [2.45, 2.75) is 27.2 Å². The summed E-state index contributed by atoms with van der Waals surface area (Å²) in [6, 6.07) is 14.4. The van der Waals surface area contributed by atoms with E-state index in [1.165, 1.54) is 11.1 Å². The third-order valence-corrected chi connectivity index (χ3v) is 3.79. The summed E-state index contributed by atoms with van der Waals surface area (Å²) in [5.74, 6) is 1.50. The predicted molar refractivity (Wildman–Crippen MR) is 97.5 cm³/mol. The Kier molecular flexibility index (Phi) is 4.42. The Morgan fingerprint density at radius 2 is 1.83 bits per heavy atom. The topological polar surface area (TPSA) is 49.8 Å². The lowest BCUT2D eigenvalue weighted by Gasteiger charge is -2.13. The summed E-state index contributed by atoms with van der Waals surface area (Å²) in [4.78, 5) is 9.32. The van der Waals surface area contributed by atoms with Gasteiger partial charge in [-0.25, -0.2) is 4.98 Å². The first kappa shape index (κ1) is 15.3. The molecule has 0 fully saturated rings. The van der Waals surface area contributed by atoms with Gasteiger partial charge >= 0.3 is 0 Å². The molecule has 2 N–H and O–H groups in total. The van der Waals surface area contributed by atoms with Crippen LogP contribution in [-0.4, -0.2) is 16.5 Å². The van der Waals surface area contributed by atoms with E-state index in [0.29, 0.717) is 5.95 Å². The van der Waals surface area contributed by atoms with E-state index in [9.17, 15) is 0 Å². The van der Waals surface area contributed by atoms with Gasteiger partial charge in [-0.05, 0) is 49.6 Å². The summed E-state index contributed by atoms with van der Waals surface area (Å²) in [6.45, 7) is 7.20. The largest absolute Gasteiger partial charge is 0.369 e. The number of hydrogen-bond donors (Lipinski definition) is 2. The van der Waals surface area contributed by atoms with Crippen LogP contribution < -0.4 is 10.6 Å². The van der Waals surface area contributed by atoms with Gasteiger partial charge in [0.05, 0.1) is 5.52 Å². The molecule has 0 unspecified atom stereocenters. The van der Waals surface area contributed by atoms with Gasteiger partial charge in [-0.2, -0.15) is 4.98 Å². The highest BCUT2D eigenvalue weighted by atomic mass is 15.1. The van der Waals surface area contributed by atoms with Crippen LogP contribution in [0.5, 0.6) is 0 Å². The van der Waals surface area contributed by atoms with Crippen molar-refractivity contribution in [3.63, 3.8) is 0 Å². The molecule has 0 aliphatic carbocycles. The molecule has 0 radical (unpaired) electrons. The Labute approximate surface area is 137 Å². The summed E-state index contributed by atoms with van der Waals surface area (Å²) >= 11 is 0. The molecule has 0 atom stereocenters. The van der Waals surface area contributed by atoms with Crippen LogP contribution in [0.1, 0.15) is 24.5 Å². The Morgan fingerprint density at radius 3 is 2.65 bits per heavy atom. The molecule has 0 saturated heterocycles. The summed E-state index contributed by atoms with van der Waals surface area (Å²) in [5, 5.41) is 7.81. The van der Waals surface area contributed by atoms with Crippen LogP contribution in [0.4, 0.5) is 17.5 Å². The van der Waals surface area contributed by atoms with Crippen molar-refractivity contribution in [1.29, 1.82) is 0 Å². The van der Waals surface area contributed by atoms with Crippen molar-refractivity contribution in [2.24, 2.45) is 0 Å². The first-order valence-electron chi connectivity index (χ1n) is 8.02. The summed E-state index contributed by atoms with van der Waals surface area (Å²) < 4.78 is 0. The Balaban J connectivity index is 2.02. The fourth-order valence-corrected chi connectivity index (χ4v) is 2.50. The number of aromatic nitrogens is 2. The molecule has 3 rings (SSSR count). The van der Waals surface area contributed by atoms with Crippen molar-refractivity contribution < 1.29 is 0 Å². The normalized spacial score (nSPS) is 10.7. The molecule has 0 spiro atoms. The minimum Gasteiger partial charge on any atom is -0.369 e. The van der Waals surface area contributed by atoms with E-state index in [-0.39, 0.29) is 0 Å². The molecule has 0 aliphatic rings. The molecule has 2 aromatic carbocycles. The van der Waals surface area contributed by atoms with Crippen LogP contribution in [0.2, 0.25) is 0 Å². The number of nitrogens with zero attached hydrogens (tertiary/aromatic N) is 2. The van der Waals surface area contributed by atoms with Crippen molar-refractivity contribution in [3.05, 3.63) is 53.6 Å². The Morgan fingerprint density at radius 1 is 1.00 bits per heavy atom. The molecule has 0 bridgehead atoms. The summed E-state index contributed by atoms with van der Waals surface area (Å²) in [6.07, 6.45) is 1.05. The van der Waals surface area contributed by atoms with Gasteiger partial charge < -0.3 is 10.6 Å². The first-order valence-corrected chi connectivity index (χ1v) is 8.02. The monoisotopic (exact) mass is 306 g/mol. The molecule has 1 heterocycles. The van der Waals surface area contributed by atoms with E-state index < -0.39 is 0 Å². The number of para-hydroxylation sites is 1. The smallest absolute Gasteiger partial charge is 0.229 e. The number of nitrogens with one attached hydrogen (secondary N) is 2. The van der Waals surface area contributed by atoms with E-state index in [0.717, 1.165) is 35.4 Å². The van der Waals surface area contributed by atoms with Gasteiger partial charge in [0.15, 0.2) is 0 Å². The maximum atomic E-state index is 4.67. The lowest BCUT2D eigenvalue weighted by Crippen LogP contribution is -2.06. The van der Waals surface area contributed by atoms with E-state index in [1.54, 1.807) is 0 Å². The zero-order valence-electron chi connectivity index (χ0n) is 13.9. The van der Waals surface area contributed by atoms with Gasteiger partial charge in [0, 0.05) is 17.6 Å². The van der Waals surface area contributed by atoms with E-state index in [2.05, 4.69) is 65.6 Å². The van der Waals surface area contributed by atoms with Crippen LogP contribution in [0.15, 0.2) is 42.5 Å². The maximum Gasteiger partial charge on any atom is 0.229 e. The highest BCUT2D eigenvalue weighted by molar-refractivity contribution is 5.90. The Bertz CT molecular complexity index is 827. The van der Waals surface area contributed by atoms with Crippen molar-refractivity contribution >= 4 is 28.4 Å². The quantitative estimate of drug-likeness (QED) is 0.710. The second kappa shape index (κ2) is 6.65. The predicted octanol–water partition coefficient (Wildman–Crippen LogP) is 4.81. The molecule has 3 aromatic rings. The number of anilines is 3. The molecule has 0 saturated carbocycles. The van der Waals surface area contributed by atoms with E-state index >= 15 is 0 Å². The number of fused-ring (bicyclic) bond motifs is 1.